The van der Waals surface area contributed by atoms with Gasteiger partial charge < -0.3 is 45.1 Å². The number of hydrogen-bond donors (Lipinski definition) is 6. The van der Waals surface area contributed by atoms with Crippen molar-refractivity contribution in [2.75, 3.05) is 19.8 Å². The monoisotopic (exact) mass is 1360 g/mol. The molecule has 1 rings (SSSR count). The minimum atomic E-state index is -1.58. The van der Waals surface area contributed by atoms with Crippen molar-refractivity contribution in [2.24, 2.45) is 0 Å². The summed E-state index contributed by atoms with van der Waals surface area (Å²) in [5, 5.41) is 54.5. The van der Waals surface area contributed by atoms with Gasteiger partial charge in [-0.2, -0.15) is 0 Å². The Bertz CT molecular complexity index is 1890. The molecule has 564 valence electrons. The van der Waals surface area contributed by atoms with E-state index < -0.39 is 49.5 Å². The minimum Gasteiger partial charge on any atom is -0.466 e. The molecule has 7 unspecified atom stereocenters. The van der Waals surface area contributed by atoms with Crippen molar-refractivity contribution in [2.45, 2.75) is 429 Å². The van der Waals surface area contributed by atoms with Gasteiger partial charge in [-0.1, -0.05) is 343 Å². The quantitative estimate of drug-likeness (QED) is 0.0195. The van der Waals surface area contributed by atoms with Gasteiger partial charge in [0.1, 0.15) is 24.4 Å². The van der Waals surface area contributed by atoms with E-state index >= 15 is 0 Å². The first kappa shape index (κ1) is 91.9. The summed E-state index contributed by atoms with van der Waals surface area (Å²) in [6, 6.07) is -0.834. The molecule has 0 spiro atoms. The maximum atomic E-state index is 13.1. The number of carbonyl (C=O) groups is 2. The molecule has 0 aromatic carbocycles. The third-order valence-electron chi connectivity index (χ3n) is 19.2. The largest absolute Gasteiger partial charge is 0.466 e. The standard InChI is InChI=1S/C86H155NO10/c1-3-5-7-9-11-13-15-17-18-19-44-47-50-54-58-62-66-70-74-82(91)95-75-71-67-63-59-55-51-48-45-42-40-38-36-34-32-30-28-26-24-22-20-21-23-25-27-29-31-33-35-37-39-41-43-46-49-53-57-61-65-69-73-81(90)87-78(77-96-86-85(94)84(93)83(92)80(76-88)97-86)79(89)72-68-64-60-56-52-16-14-12-10-8-6-4-2/h10,12-13,15,18-21,24,26,52,56,68,72,78-80,83-86,88-89,92-94H,3-9,11,14,16-17,22-23,25,27-51,53-55,57-67,69-71,73-77H2,1-2H3,(H,87,90)/b12-10+,15-13-,19-18-,21-20-,26-24-,56-52+,72-68+. The van der Waals surface area contributed by atoms with E-state index in [1.54, 1.807) is 6.08 Å². The fraction of sp³-hybridized carbons (Fsp3) is 0.814. The maximum absolute atomic E-state index is 13.1. The predicted octanol–water partition coefficient (Wildman–Crippen LogP) is 22.8. The lowest BCUT2D eigenvalue weighted by Gasteiger charge is -2.40. The second-order valence-corrected chi connectivity index (χ2v) is 28.4. The Hall–Kier alpha value is -3.16. The average Bonchev–Trinajstić information content (AvgIpc) is 0.834. The molecule has 0 aromatic rings. The normalized spacial score (nSPS) is 17.7. The van der Waals surface area contributed by atoms with Crippen LogP contribution in [0.25, 0.3) is 0 Å². The summed E-state index contributed by atoms with van der Waals surface area (Å²) in [5.41, 5.74) is 0. The molecule has 1 saturated heterocycles. The topological polar surface area (TPSA) is 175 Å². The summed E-state index contributed by atoms with van der Waals surface area (Å²) in [6.07, 6.45) is 93.5. The Morgan fingerprint density at radius 2 is 0.711 bits per heavy atom. The summed E-state index contributed by atoms with van der Waals surface area (Å²) >= 11 is 0. The van der Waals surface area contributed by atoms with Gasteiger partial charge in [0, 0.05) is 12.8 Å². The molecule has 0 radical (unpaired) electrons. The zero-order chi connectivity index (χ0) is 70.1. The number of hydrogen-bond acceptors (Lipinski definition) is 10. The first-order valence-corrected chi connectivity index (χ1v) is 41.4. The highest BCUT2D eigenvalue weighted by Gasteiger charge is 2.44. The summed E-state index contributed by atoms with van der Waals surface area (Å²) < 4.78 is 16.8. The van der Waals surface area contributed by atoms with Gasteiger partial charge in [0.05, 0.1) is 32.0 Å². The fourth-order valence-electron chi connectivity index (χ4n) is 12.7. The highest BCUT2D eigenvalue weighted by atomic mass is 16.7. The zero-order valence-electron chi connectivity index (χ0n) is 63.0. The molecule has 1 aliphatic rings. The van der Waals surface area contributed by atoms with Gasteiger partial charge in [-0.25, -0.2) is 0 Å². The molecule has 11 heteroatoms. The molecule has 6 N–H and O–H groups in total. The van der Waals surface area contributed by atoms with Gasteiger partial charge in [0.25, 0.3) is 0 Å². The molecule has 11 nitrogen and oxygen atoms in total. The zero-order valence-corrected chi connectivity index (χ0v) is 63.0. The molecule has 0 saturated carbocycles. The Balaban J connectivity index is 1.89. The van der Waals surface area contributed by atoms with Gasteiger partial charge in [0.2, 0.25) is 5.91 Å². The van der Waals surface area contributed by atoms with E-state index in [9.17, 15) is 35.1 Å². The second-order valence-electron chi connectivity index (χ2n) is 28.4. The van der Waals surface area contributed by atoms with Crippen molar-refractivity contribution in [3.63, 3.8) is 0 Å². The summed E-state index contributed by atoms with van der Waals surface area (Å²) in [6.45, 7) is 4.29. The fourth-order valence-corrected chi connectivity index (χ4v) is 12.7. The minimum absolute atomic E-state index is 0.00687. The van der Waals surface area contributed by atoms with Crippen LogP contribution in [0.1, 0.15) is 386 Å². The SMILES string of the molecule is CCCC/C=C/CC/C=C/CC/C=C/C(O)C(COC1OC(CO)C(O)C(O)C1O)NC(=O)CCCCCCCCCCCCCCCCCCC/C=C\C/C=C\CCCCCCCCCCCCCCCCCOC(=O)CCCCCCCCC/C=C\C/C=C\CCCCCC. The molecular weight excluding hydrogens is 1210 g/mol. The molecule has 7 atom stereocenters. The van der Waals surface area contributed by atoms with Crippen LogP contribution in [0.15, 0.2) is 85.1 Å². The Labute approximate surface area is 597 Å². The maximum Gasteiger partial charge on any atom is 0.305 e. The number of esters is 1. The predicted molar refractivity (Wildman–Crippen MR) is 412 cm³/mol. The lowest BCUT2D eigenvalue weighted by atomic mass is 9.99. The van der Waals surface area contributed by atoms with Crippen LogP contribution in [0, 0.1) is 0 Å². The van der Waals surface area contributed by atoms with Crippen LogP contribution in [-0.4, -0.2) is 100 Å². The molecule has 1 aliphatic heterocycles. The van der Waals surface area contributed by atoms with E-state index in [4.69, 9.17) is 14.2 Å². The number of amides is 1. The molecule has 1 amide bonds. The molecule has 0 bridgehead atoms. The lowest BCUT2D eigenvalue weighted by Crippen LogP contribution is -2.60. The highest BCUT2D eigenvalue weighted by Crippen LogP contribution is 2.24. The molecule has 0 aromatic heterocycles. The highest BCUT2D eigenvalue weighted by molar-refractivity contribution is 5.76. The van der Waals surface area contributed by atoms with Crippen molar-refractivity contribution < 1.29 is 49.3 Å². The summed E-state index contributed by atoms with van der Waals surface area (Å²) in [5.74, 6) is -0.187. The van der Waals surface area contributed by atoms with Gasteiger partial charge >= 0.3 is 5.97 Å². The molecule has 0 aliphatic carbocycles. The Kier molecular flexibility index (Phi) is 70.1. The number of unbranched alkanes of at least 4 members (excludes halogenated alkanes) is 47. The van der Waals surface area contributed by atoms with Crippen LogP contribution in [0.3, 0.4) is 0 Å². The first-order chi connectivity index (χ1) is 47.7. The van der Waals surface area contributed by atoms with Crippen LogP contribution in [0.4, 0.5) is 0 Å². The third-order valence-corrected chi connectivity index (χ3v) is 19.2. The third kappa shape index (κ3) is 62.4. The van der Waals surface area contributed by atoms with E-state index in [0.717, 1.165) is 83.5 Å². The van der Waals surface area contributed by atoms with Crippen molar-refractivity contribution in [1.29, 1.82) is 0 Å². The van der Waals surface area contributed by atoms with E-state index in [1.807, 2.05) is 6.08 Å². The second kappa shape index (κ2) is 74.0. The number of carbonyl (C=O) groups excluding carboxylic acids is 2. The summed E-state index contributed by atoms with van der Waals surface area (Å²) in [7, 11) is 0. The summed E-state index contributed by atoms with van der Waals surface area (Å²) in [4.78, 5) is 25.2. The van der Waals surface area contributed by atoms with Gasteiger partial charge in [-0.05, 0) is 116 Å². The van der Waals surface area contributed by atoms with E-state index in [2.05, 4.69) is 92.1 Å². The van der Waals surface area contributed by atoms with Gasteiger partial charge in [-0.15, -0.1) is 0 Å². The number of nitrogens with one attached hydrogen (secondary N) is 1. The van der Waals surface area contributed by atoms with Crippen molar-refractivity contribution in [3.8, 4) is 0 Å². The van der Waals surface area contributed by atoms with Crippen LogP contribution in [0.2, 0.25) is 0 Å². The van der Waals surface area contributed by atoms with Crippen LogP contribution in [-0.2, 0) is 23.8 Å². The number of allylic oxidation sites excluding steroid dienone is 13. The Morgan fingerprint density at radius 3 is 1.11 bits per heavy atom. The smallest absolute Gasteiger partial charge is 0.305 e. The van der Waals surface area contributed by atoms with E-state index in [1.165, 1.54) is 276 Å². The lowest BCUT2D eigenvalue weighted by molar-refractivity contribution is -0.302. The number of aliphatic hydroxyl groups is 5. The van der Waals surface area contributed by atoms with E-state index in [-0.39, 0.29) is 18.5 Å². The van der Waals surface area contributed by atoms with Crippen molar-refractivity contribution in [1.82, 2.24) is 5.32 Å². The van der Waals surface area contributed by atoms with Gasteiger partial charge in [-0.3, -0.25) is 9.59 Å². The van der Waals surface area contributed by atoms with Crippen molar-refractivity contribution in [3.05, 3.63) is 85.1 Å². The molecule has 97 heavy (non-hydrogen) atoms. The first-order valence-electron chi connectivity index (χ1n) is 41.4. The van der Waals surface area contributed by atoms with Gasteiger partial charge in [0.15, 0.2) is 6.29 Å². The van der Waals surface area contributed by atoms with Crippen LogP contribution in [0.5, 0.6) is 0 Å². The molecule has 1 fully saturated rings. The van der Waals surface area contributed by atoms with Crippen LogP contribution < -0.4 is 5.32 Å². The van der Waals surface area contributed by atoms with E-state index in [0.29, 0.717) is 19.4 Å². The average molecular weight is 1360 g/mol. The number of ether oxygens (including phenoxy) is 3. The molecule has 1 heterocycles. The van der Waals surface area contributed by atoms with Crippen LogP contribution >= 0.6 is 0 Å². The van der Waals surface area contributed by atoms with Crippen molar-refractivity contribution >= 4 is 11.9 Å². The number of rotatable bonds is 73. The molecular formula is C86H155NO10. The number of aliphatic hydroxyl groups excluding tert-OH is 5. The Morgan fingerprint density at radius 1 is 0.381 bits per heavy atom.